The van der Waals surface area contributed by atoms with E-state index in [-0.39, 0.29) is 11.7 Å². The average Bonchev–Trinajstić information content (AvgIpc) is 2.71. The van der Waals surface area contributed by atoms with E-state index in [0.717, 1.165) is 5.56 Å². The number of rotatable bonds is 9. The molecule has 2 N–H and O–H groups in total. The smallest absolute Gasteiger partial charge is 0.262 e. The summed E-state index contributed by atoms with van der Waals surface area (Å²) < 4.78 is 7.31. The number of hydrogen-bond donors (Lipinski definition) is 1. The van der Waals surface area contributed by atoms with Crippen molar-refractivity contribution in [2.24, 2.45) is 5.73 Å². The Morgan fingerprint density at radius 3 is 2.63 bits per heavy atom. The van der Waals surface area contributed by atoms with Gasteiger partial charge >= 0.3 is 0 Å². The van der Waals surface area contributed by atoms with Crippen molar-refractivity contribution < 1.29 is 9.53 Å². The molecule has 0 unspecified atom stereocenters. The molecule has 8 heteroatoms. The lowest BCUT2D eigenvalue weighted by atomic mass is 10.1. The lowest BCUT2D eigenvalue weighted by molar-refractivity contribution is 0.0743. The maximum atomic E-state index is 13.1. The Kier molecular flexibility index (Phi) is 7.53. The van der Waals surface area contributed by atoms with Crippen LogP contribution in [0.15, 0.2) is 52.4 Å². The van der Waals surface area contributed by atoms with E-state index in [0.29, 0.717) is 52.0 Å². The van der Waals surface area contributed by atoms with E-state index in [1.54, 1.807) is 34.9 Å². The van der Waals surface area contributed by atoms with Crippen LogP contribution in [0.4, 0.5) is 0 Å². The Labute approximate surface area is 184 Å². The Morgan fingerprint density at radius 1 is 1.23 bits per heavy atom. The highest BCUT2D eigenvalue weighted by atomic mass is 35.5. The number of carbonyl (C=O) groups is 1. The summed E-state index contributed by atoms with van der Waals surface area (Å²) in [7, 11) is 0. The van der Waals surface area contributed by atoms with Crippen molar-refractivity contribution in [3.63, 3.8) is 0 Å². The minimum absolute atomic E-state index is 0.0900. The van der Waals surface area contributed by atoms with E-state index in [1.165, 1.54) is 11.8 Å². The average molecular weight is 446 g/mol. The van der Waals surface area contributed by atoms with Crippen LogP contribution in [0.25, 0.3) is 10.9 Å². The predicted octanol–water partition coefficient (Wildman–Crippen LogP) is 4.26. The van der Waals surface area contributed by atoms with E-state index in [2.05, 4.69) is 0 Å². The molecule has 30 heavy (non-hydrogen) atoms. The van der Waals surface area contributed by atoms with Crippen molar-refractivity contribution in [1.29, 1.82) is 0 Å². The second-order valence-corrected chi connectivity index (χ2v) is 8.51. The second-order valence-electron chi connectivity index (χ2n) is 7.14. The van der Waals surface area contributed by atoms with Crippen LogP contribution in [-0.2, 0) is 17.0 Å². The van der Waals surface area contributed by atoms with Crippen molar-refractivity contribution in [3.05, 3.63) is 69.0 Å². The molecule has 0 saturated heterocycles. The van der Waals surface area contributed by atoms with E-state index in [1.807, 2.05) is 26.0 Å². The quantitative estimate of drug-likeness (QED) is 0.302. The summed E-state index contributed by atoms with van der Waals surface area (Å²) in [5.41, 5.74) is 7.24. The lowest BCUT2D eigenvalue weighted by Gasteiger charge is -2.14. The Bertz CT molecular complexity index is 1100. The van der Waals surface area contributed by atoms with Gasteiger partial charge in [0.1, 0.15) is 0 Å². The molecule has 0 atom stereocenters. The van der Waals surface area contributed by atoms with E-state index < -0.39 is 5.91 Å². The Morgan fingerprint density at radius 2 is 1.97 bits per heavy atom. The summed E-state index contributed by atoms with van der Waals surface area (Å²) >= 11 is 7.56. The van der Waals surface area contributed by atoms with Gasteiger partial charge in [-0.1, -0.05) is 35.5 Å². The molecule has 0 spiro atoms. The van der Waals surface area contributed by atoms with Gasteiger partial charge in [-0.2, -0.15) is 0 Å². The fourth-order valence-corrected chi connectivity index (χ4v) is 4.08. The van der Waals surface area contributed by atoms with Crippen molar-refractivity contribution in [2.75, 3.05) is 6.61 Å². The van der Waals surface area contributed by atoms with E-state index in [9.17, 15) is 9.59 Å². The fraction of sp³-hybridized carbons (Fsp3) is 0.318. The third-order valence-electron chi connectivity index (χ3n) is 4.47. The number of benzene rings is 2. The SMILES string of the molecule is CC(C)OCCCn1c(SCc2ccc(C(N)=O)cc2)nc2cc(Cl)ccc2c1=O. The Hall–Kier alpha value is -2.35. The van der Waals surface area contributed by atoms with E-state index in [4.69, 9.17) is 27.1 Å². The van der Waals surface area contributed by atoms with Crippen LogP contribution in [0.2, 0.25) is 5.02 Å². The molecule has 3 rings (SSSR count). The number of amides is 1. The van der Waals surface area contributed by atoms with Crippen molar-refractivity contribution in [2.45, 2.75) is 43.8 Å². The topological polar surface area (TPSA) is 87.2 Å². The van der Waals surface area contributed by atoms with Gasteiger partial charge in [-0.15, -0.1) is 0 Å². The summed E-state index contributed by atoms with van der Waals surface area (Å²) in [4.78, 5) is 29.0. The summed E-state index contributed by atoms with van der Waals surface area (Å²) in [5, 5.41) is 1.70. The molecule has 1 amide bonds. The van der Waals surface area contributed by atoms with Crippen LogP contribution >= 0.6 is 23.4 Å². The number of hydrogen-bond acceptors (Lipinski definition) is 5. The van der Waals surface area contributed by atoms with Gasteiger partial charge < -0.3 is 10.5 Å². The molecule has 3 aromatic rings. The first-order valence-electron chi connectivity index (χ1n) is 9.68. The highest BCUT2D eigenvalue weighted by molar-refractivity contribution is 7.98. The van der Waals surface area contributed by atoms with Crippen LogP contribution in [0.5, 0.6) is 0 Å². The zero-order valence-corrected chi connectivity index (χ0v) is 18.5. The largest absolute Gasteiger partial charge is 0.379 e. The van der Waals surface area contributed by atoms with Gasteiger partial charge in [-0.3, -0.25) is 14.2 Å². The fourth-order valence-electron chi connectivity index (χ4n) is 2.94. The molecule has 0 bridgehead atoms. The van der Waals surface area contributed by atoms with Gasteiger partial charge in [-0.05, 0) is 56.2 Å². The molecule has 6 nitrogen and oxygen atoms in total. The van der Waals surface area contributed by atoms with Crippen LogP contribution in [-0.4, -0.2) is 28.2 Å². The van der Waals surface area contributed by atoms with Crippen LogP contribution < -0.4 is 11.3 Å². The molecule has 0 aliphatic rings. The number of carbonyl (C=O) groups excluding carboxylic acids is 1. The number of fused-ring (bicyclic) bond motifs is 1. The molecular formula is C22H24ClN3O3S. The molecule has 0 saturated carbocycles. The third kappa shape index (κ3) is 5.62. The zero-order valence-electron chi connectivity index (χ0n) is 16.9. The maximum Gasteiger partial charge on any atom is 0.262 e. The first kappa shape index (κ1) is 22.3. The third-order valence-corrected chi connectivity index (χ3v) is 5.75. The van der Waals surface area contributed by atoms with Crippen molar-refractivity contribution >= 4 is 40.2 Å². The number of primary amides is 1. The Balaban J connectivity index is 1.86. The summed E-state index contributed by atoms with van der Waals surface area (Å²) in [6.45, 7) is 5.05. The molecule has 0 aliphatic heterocycles. The minimum Gasteiger partial charge on any atom is -0.379 e. The first-order chi connectivity index (χ1) is 14.3. The monoisotopic (exact) mass is 445 g/mol. The minimum atomic E-state index is -0.459. The van der Waals surface area contributed by atoms with Crippen molar-refractivity contribution in [3.8, 4) is 0 Å². The summed E-state index contributed by atoms with van der Waals surface area (Å²) in [5.74, 6) is 0.139. The molecule has 0 fully saturated rings. The first-order valence-corrected chi connectivity index (χ1v) is 11.0. The number of ether oxygens (including phenoxy) is 1. The lowest BCUT2D eigenvalue weighted by Crippen LogP contribution is -2.24. The number of nitrogens with two attached hydrogens (primary N) is 1. The number of thioether (sulfide) groups is 1. The molecule has 0 radical (unpaired) electrons. The van der Waals surface area contributed by atoms with Gasteiger partial charge in [0.05, 0.1) is 17.0 Å². The van der Waals surface area contributed by atoms with Gasteiger partial charge in [-0.25, -0.2) is 4.98 Å². The molecule has 1 heterocycles. The number of halogens is 1. The second kappa shape index (κ2) is 10.1. The van der Waals surface area contributed by atoms with Gasteiger partial charge in [0, 0.05) is 29.5 Å². The molecule has 158 valence electrons. The van der Waals surface area contributed by atoms with Crippen molar-refractivity contribution in [1.82, 2.24) is 9.55 Å². The molecular weight excluding hydrogens is 422 g/mol. The highest BCUT2D eigenvalue weighted by Crippen LogP contribution is 2.24. The van der Waals surface area contributed by atoms with Crippen LogP contribution in [0.3, 0.4) is 0 Å². The maximum absolute atomic E-state index is 13.1. The number of aromatic nitrogens is 2. The molecule has 2 aromatic carbocycles. The van der Waals surface area contributed by atoms with E-state index >= 15 is 0 Å². The molecule has 0 aliphatic carbocycles. The normalized spacial score (nSPS) is 11.3. The summed E-state index contributed by atoms with van der Waals surface area (Å²) in [6.07, 6.45) is 0.857. The standard InChI is InChI=1S/C22H24ClN3O3S/c1-14(2)29-11-3-10-26-21(28)18-9-8-17(23)12-19(18)25-22(26)30-13-15-4-6-16(7-5-15)20(24)27/h4-9,12,14H,3,10-11,13H2,1-2H3,(H2,24,27). The van der Waals surface area contributed by atoms with Crippen LogP contribution in [0.1, 0.15) is 36.2 Å². The summed E-state index contributed by atoms with van der Waals surface area (Å²) in [6, 6.07) is 12.2. The number of nitrogens with zero attached hydrogens (tertiary/aromatic N) is 2. The van der Waals surface area contributed by atoms with Crippen LogP contribution in [0, 0.1) is 0 Å². The zero-order chi connectivity index (χ0) is 21.7. The van der Waals surface area contributed by atoms with Gasteiger partial charge in [0.2, 0.25) is 5.91 Å². The van der Waals surface area contributed by atoms with Gasteiger partial charge in [0.15, 0.2) is 5.16 Å². The predicted molar refractivity (Wildman–Crippen MR) is 121 cm³/mol. The van der Waals surface area contributed by atoms with Gasteiger partial charge in [0.25, 0.3) is 5.56 Å². The molecule has 1 aromatic heterocycles. The highest BCUT2D eigenvalue weighted by Gasteiger charge is 2.13.